The number of imide groups is 1. The molecule has 0 radical (unpaired) electrons. The lowest BCUT2D eigenvalue weighted by Gasteiger charge is -2.10. The van der Waals surface area contributed by atoms with Crippen molar-refractivity contribution < 1.29 is 18.7 Å². The molecule has 9 nitrogen and oxygen atoms in total. The molecule has 11 heteroatoms. The summed E-state index contributed by atoms with van der Waals surface area (Å²) in [5.74, 6) is -1.31. The van der Waals surface area contributed by atoms with Crippen molar-refractivity contribution in [3.8, 4) is 11.8 Å². The van der Waals surface area contributed by atoms with Crippen molar-refractivity contribution in [1.82, 2.24) is 24.9 Å². The topological polar surface area (TPSA) is 111 Å². The van der Waals surface area contributed by atoms with Gasteiger partial charge >= 0.3 is 6.01 Å². The number of halogens is 2. The molecule has 1 aliphatic carbocycles. The zero-order valence-corrected chi connectivity index (χ0v) is 16.1. The molecule has 2 aliphatic rings. The van der Waals surface area contributed by atoms with Crippen LogP contribution >= 0.6 is 11.6 Å². The second-order valence-corrected chi connectivity index (χ2v) is 7.37. The number of anilines is 1. The van der Waals surface area contributed by atoms with Crippen molar-refractivity contribution in [3.05, 3.63) is 46.4 Å². The molecule has 2 amide bonds. The fourth-order valence-electron chi connectivity index (χ4n) is 3.01. The molecular weight excluding hydrogens is 415 g/mol. The first-order valence-corrected chi connectivity index (χ1v) is 9.54. The molecule has 1 saturated carbocycles. The Labute approximate surface area is 173 Å². The van der Waals surface area contributed by atoms with Crippen LogP contribution in [0.4, 0.5) is 10.3 Å². The van der Waals surface area contributed by atoms with Gasteiger partial charge in [-0.3, -0.25) is 14.9 Å². The molecule has 0 atom stereocenters. The van der Waals surface area contributed by atoms with Crippen molar-refractivity contribution in [2.75, 3.05) is 5.32 Å². The summed E-state index contributed by atoms with van der Waals surface area (Å²) in [6.45, 7) is 0. The van der Waals surface area contributed by atoms with Crippen LogP contribution in [-0.2, 0) is 9.59 Å². The third-order valence-corrected chi connectivity index (χ3v) is 4.92. The maximum absolute atomic E-state index is 14.2. The van der Waals surface area contributed by atoms with Crippen molar-refractivity contribution in [2.45, 2.75) is 25.3 Å². The average Bonchev–Trinajstić information content (AvgIpc) is 3.34. The summed E-state index contributed by atoms with van der Waals surface area (Å²) in [5.41, 5.74) is 1.11. The van der Waals surface area contributed by atoms with Gasteiger partial charge in [0, 0.05) is 17.2 Å². The SMILES string of the molecule is O=C1C/C(=C\c2cnn3c(NC4CC4)nc(Oc4c(F)cccc4Cl)nc23)C(=O)N1. The van der Waals surface area contributed by atoms with Gasteiger partial charge in [0.2, 0.25) is 11.9 Å². The van der Waals surface area contributed by atoms with Crippen molar-refractivity contribution in [1.29, 1.82) is 0 Å². The zero-order chi connectivity index (χ0) is 20.8. The van der Waals surface area contributed by atoms with E-state index in [0.717, 1.165) is 12.8 Å². The minimum Gasteiger partial charge on any atom is -0.419 e. The van der Waals surface area contributed by atoms with Crippen LogP contribution in [-0.4, -0.2) is 37.4 Å². The summed E-state index contributed by atoms with van der Waals surface area (Å²) in [6.07, 6.45) is 4.99. The molecule has 0 spiro atoms. The Bertz CT molecular complexity index is 1220. The molecular formula is C19H14ClFN6O3. The number of hydrogen-bond donors (Lipinski definition) is 2. The molecule has 2 N–H and O–H groups in total. The van der Waals surface area contributed by atoms with Crippen LogP contribution < -0.4 is 15.4 Å². The Kier molecular flexibility index (Phi) is 4.35. The van der Waals surface area contributed by atoms with Crippen LogP contribution in [0.15, 0.2) is 30.0 Å². The van der Waals surface area contributed by atoms with Crippen LogP contribution in [0.1, 0.15) is 24.8 Å². The van der Waals surface area contributed by atoms with Crippen LogP contribution in [0.25, 0.3) is 11.7 Å². The molecule has 1 saturated heterocycles. The van der Waals surface area contributed by atoms with Gasteiger partial charge in [0.25, 0.3) is 5.91 Å². The molecule has 152 valence electrons. The largest absolute Gasteiger partial charge is 0.419 e. The summed E-state index contributed by atoms with van der Waals surface area (Å²) >= 11 is 6.05. The Morgan fingerprint density at radius 2 is 2.13 bits per heavy atom. The fourth-order valence-corrected chi connectivity index (χ4v) is 3.21. The van der Waals surface area contributed by atoms with E-state index in [-0.39, 0.29) is 35.2 Å². The molecule has 30 heavy (non-hydrogen) atoms. The predicted octanol–water partition coefficient (Wildman–Crippen LogP) is 2.71. The lowest BCUT2D eigenvalue weighted by molar-refractivity contribution is -0.124. The van der Waals surface area contributed by atoms with E-state index >= 15 is 0 Å². The highest BCUT2D eigenvalue weighted by Gasteiger charge is 2.26. The molecule has 2 fully saturated rings. The average molecular weight is 429 g/mol. The summed E-state index contributed by atoms with van der Waals surface area (Å²) in [4.78, 5) is 32.0. The molecule has 2 aromatic heterocycles. The van der Waals surface area contributed by atoms with E-state index in [9.17, 15) is 14.0 Å². The van der Waals surface area contributed by atoms with E-state index in [0.29, 0.717) is 22.7 Å². The monoisotopic (exact) mass is 428 g/mol. The van der Waals surface area contributed by atoms with Crippen LogP contribution in [0.2, 0.25) is 5.02 Å². The van der Waals surface area contributed by atoms with Gasteiger partial charge in [-0.05, 0) is 31.1 Å². The number of carbonyl (C=O) groups excluding carboxylic acids is 2. The number of fused-ring (bicyclic) bond motifs is 1. The third kappa shape index (κ3) is 3.45. The zero-order valence-electron chi connectivity index (χ0n) is 15.4. The highest BCUT2D eigenvalue weighted by Crippen LogP contribution is 2.32. The first-order valence-electron chi connectivity index (χ1n) is 9.17. The maximum atomic E-state index is 14.2. The number of carbonyl (C=O) groups is 2. The van der Waals surface area contributed by atoms with Crippen LogP contribution in [0.5, 0.6) is 11.8 Å². The van der Waals surface area contributed by atoms with E-state index in [2.05, 4.69) is 25.7 Å². The summed E-state index contributed by atoms with van der Waals surface area (Å²) < 4.78 is 21.2. The van der Waals surface area contributed by atoms with Gasteiger partial charge in [0.05, 0.1) is 17.6 Å². The van der Waals surface area contributed by atoms with Gasteiger partial charge in [-0.1, -0.05) is 17.7 Å². The van der Waals surface area contributed by atoms with Crippen molar-refractivity contribution in [3.63, 3.8) is 0 Å². The van der Waals surface area contributed by atoms with E-state index in [1.165, 1.54) is 35.0 Å². The standard InChI is InChI=1S/C19H14ClFN6O3/c20-12-2-1-3-13(21)15(12)30-19-25-16-10(6-9-7-14(28)24-17(9)29)8-22-27(16)18(26-19)23-11-4-5-11/h1-3,6,8,11H,4-5,7H2,(H,23,25,26)(H,24,28,29)/b9-6+. The minimum atomic E-state index is -0.653. The molecule has 3 aromatic rings. The first kappa shape index (κ1) is 18.5. The summed E-state index contributed by atoms with van der Waals surface area (Å²) in [5, 5.41) is 9.81. The lowest BCUT2D eigenvalue weighted by atomic mass is 10.1. The van der Waals surface area contributed by atoms with Gasteiger partial charge in [-0.25, -0.2) is 4.39 Å². The van der Waals surface area contributed by atoms with Crippen molar-refractivity contribution >= 4 is 41.1 Å². The number of hydrogen-bond acceptors (Lipinski definition) is 7. The third-order valence-electron chi connectivity index (χ3n) is 4.62. The molecule has 1 aliphatic heterocycles. The predicted molar refractivity (Wildman–Crippen MR) is 105 cm³/mol. The molecule has 0 bridgehead atoms. The van der Waals surface area contributed by atoms with E-state index in [4.69, 9.17) is 16.3 Å². The van der Waals surface area contributed by atoms with Gasteiger partial charge in [-0.15, -0.1) is 0 Å². The Balaban J connectivity index is 1.60. The summed E-state index contributed by atoms with van der Waals surface area (Å²) in [7, 11) is 0. The maximum Gasteiger partial charge on any atom is 0.327 e. The number of nitrogens with one attached hydrogen (secondary N) is 2. The number of ether oxygens (including phenoxy) is 1. The summed E-state index contributed by atoms with van der Waals surface area (Å²) in [6, 6.07) is 4.28. The van der Waals surface area contributed by atoms with Crippen LogP contribution in [0, 0.1) is 5.82 Å². The highest BCUT2D eigenvalue weighted by atomic mass is 35.5. The lowest BCUT2D eigenvalue weighted by Crippen LogP contribution is -2.19. The number of nitrogens with zero attached hydrogens (tertiary/aromatic N) is 4. The molecule has 1 aromatic carbocycles. The van der Waals surface area contributed by atoms with Gasteiger partial charge in [0.15, 0.2) is 17.2 Å². The van der Waals surface area contributed by atoms with E-state index in [1.54, 1.807) is 0 Å². The number of para-hydroxylation sites is 1. The fraction of sp³-hybridized carbons (Fsp3) is 0.211. The van der Waals surface area contributed by atoms with Gasteiger partial charge < -0.3 is 10.1 Å². The Morgan fingerprint density at radius 3 is 2.83 bits per heavy atom. The molecule has 5 rings (SSSR count). The van der Waals surface area contributed by atoms with Gasteiger partial charge in [-0.2, -0.15) is 19.6 Å². The minimum absolute atomic E-state index is 0.0252. The number of benzene rings is 1. The second-order valence-electron chi connectivity index (χ2n) is 6.96. The molecule has 0 unspecified atom stereocenters. The normalized spacial score (nSPS) is 17.6. The first-order chi connectivity index (χ1) is 14.5. The quantitative estimate of drug-likeness (QED) is 0.474. The number of amides is 2. The highest BCUT2D eigenvalue weighted by molar-refractivity contribution is 6.32. The van der Waals surface area contributed by atoms with Crippen LogP contribution in [0.3, 0.4) is 0 Å². The van der Waals surface area contributed by atoms with E-state index in [1.807, 2.05) is 0 Å². The number of aromatic nitrogens is 4. The smallest absolute Gasteiger partial charge is 0.327 e. The number of rotatable bonds is 5. The second kappa shape index (κ2) is 7.06. The Morgan fingerprint density at radius 1 is 1.30 bits per heavy atom. The molecule has 3 heterocycles. The van der Waals surface area contributed by atoms with Crippen molar-refractivity contribution in [2.24, 2.45) is 0 Å². The Hall–Kier alpha value is -3.53. The van der Waals surface area contributed by atoms with Gasteiger partial charge in [0.1, 0.15) is 0 Å². The van der Waals surface area contributed by atoms with E-state index < -0.39 is 11.7 Å².